The van der Waals surface area contributed by atoms with Crippen LogP contribution >= 0.6 is 0 Å². The maximum Gasteiger partial charge on any atom is 0.213 e. The number of ketones is 1. The van der Waals surface area contributed by atoms with Crippen LogP contribution in [-0.2, 0) is 16.9 Å². The van der Waals surface area contributed by atoms with E-state index in [1.807, 2.05) is 31.2 Å². The fraction of sp³-hybridized carbons (Fsp3) is 0.308. The standard InChI is InChI=1S/C13H12N2O/c1-3-12(16)9-6-10-4-7-11(8-5-10)13(2)14-15-13/h1,4-5,7-8H,6,9H2,2H3. The van der Waals surface area contributed by atoms with Gasteiger partial charge >= 0.3 is 0 Å². The summed E-state index contributed by atoms with van der Waals surface area (Å²) in [7, 11) is 0. The highest BCUT2D eigenvalue weighted by atomic mass is 16.1. The monoisotopic (exact) mass is 212 g/mol. The van der Waals surface area contributed by atoms with Crippen molar-refractivity contribution in [3.05, 3.63) is 35.4 Å². The molecule has 1 aliphatic heterocycles. The maximum absolute atomic E-state index is 11.0. The van der Waals surface area contributed by atoms with Crippen LogP contribution in [0.2, 0.25) is 0 Å². The molecule has 0 aliphatic carbocycles. The van der Waals surface area contributed by atoms with Gasteiger partial charge in [0.15, 0.2) is 0 Å². The van der Waals surface area contributed by atoms with Crippen molar-refractivity contribution in [1.29, 1.82) is 0 Å². The van der Waals surface area contributed by atoms with Crippen molar-refractivity contribution >= 4 is 5.78 Å². The van der Waals surface area contributed by atoms with Crippen LogP contribution in [0.3, 0.4) is 0 Å². The molecule has 3 nitrogen and oxygen atoms in total. The summed E-state index contributed by atoms with van der Waals surface area (Å²) in [5, 5.41) is 7.93. The molecule has 0 N–H and O–H groups in total. The van der Waals surface area contributed by atoms with Crippen LogP contribution in [-0.4, -0.2) is 5.78 Å². The Morgan fingerprint density at radius 3 is 2.50 bits per heavy atom. The third-order valence-electron chi connectivity index (χ3n) is 2.70. The van der Waals surface area contributed by atoms with Crippen molar-refractivity contribution < 1.29 is 4.79 Å². The van der Waals surface area contributed by atoms with Gasteiger partial charge in [-0.3, -0.25) is 4.79 Å². The van der Waals surface area contributed by atoms with Crippen molar-refractivity contribution in [2.24, 2.45) is 10.2 Å². The van der Waals surface area contributed by atoms with Gasteiger partial charge in [-0.1, -0.05) is 24.3 Å². The predicted octanol–water partition coefficient (Wildman–Crippen LogP) is 2.46. The summed E-state index contributed by atoms with van der Waals surface area (Å²) in [5.41, 5.74) is 1.86. The third-order valence-corrected chi connectivity index (χ3v) is 2.70. The Kier molecular flexibility index (Phi) is 2.57. The molecule has 1 heterocycles. The quantitative estimate of drug-likeness (QED) is 0.558. The molecule has 1 aromatic rings. The lowest BCUT2D eigenvalue weighted by molar-refractivity contribution is -0.113. The van der Waals surface area contributed by atoms with E-state index in [-0.39, 0.29) is 11.4 Å². The lowest BCUT2D eigenvalue weighted by Crippen LogP contribution is -2.02. The fourth-order valence-electron chi connectivity index (χ4n) is 1.51. The van der Waals surface area contributed by atoms with Gasteiger partial charge in [-0.2, -0.15) is 10.2 Å². The average molecular weight is 212 g/mol. The summed E-state index contributed by atoms with van der Waals surface area (Å²) in [6.45, 7) is 1.96. The number of Topliss-reactive ketones (excluding diaryl/α,β-unsaturated/α-hetero) is 1. The number of hydrogen-bond donors (Lipinski definition) is 0. The Hall–Kier alpha value is -1.95. The molecule has 80 valence electrons. The zero-order chi connectivity index (χ0) is 11.6. The number of hydrogen-bond acceptors (Lipinski definition) is 3. The molecule has 3 heteroatoms. The van der Waals surface area contributed by atoms with Gasteiger partial charge < -0.3 is 0 Å². The molecule has 0 amide bonds. The Morgan fingerprint density at radius 2 is 2.00 bits per heavy atom. The van der Waals surface area contributed by atoms with E-state index in [0.29, 0.717) is 12.8 Å². The molecule has 0 fully saturated rings. The van der Waals surface area contributed by atoms with Gasteiger partial charge in [-0.15, -0.1) is 6.42 Å². The van der Waals surface area contributed by atoms with Gasteiger partial charge in [-0.05, 0) is 24.8 Å². The van der Waals surface area contributed by atoms with Gasteiger partial charge in [-0.25, -0.2) is 0 Å². The Balaban J connectivity index is 1.98. The van der Waals surface area contributed by atoms with Crippen LogP contribution in [0.1, 0.15) is 24.5 Å². The SMILES string of the molecule is C#CC(=O)CCc1ccc(C2(C)N=N2)cc1. The summed E-state index contributed by atoms with van der Waals surface area (Å²) in [4.78, 5) is 11.0. The third kappa shape index (κ3) is 2.17. The first kappa shape index (κ1) is 10.6. The summed E-state index contributed by atoms with van der Waals surface area (Å²) in [6.07, 6.45) is 6.09. The first-order valence-corrected chi connectivity index (χ1v) is 5.17. The molecule has 0 spiro atoms. The normalized spacial score (nSPS) is 15.5. The van der Waals surface area contributed by atoms with E-state index < -0.39 is 0 Å². The zero-order valence-corrected chi connectivity index (χ0v) is 9.10. The van der Waals surface area contributed by atoms with Crippen molar-refractivity contribution in [1.82, 2.24) is 0 Å². The van der Waals surface area contributed by atoms with Crippen molar-refractivity contribution in [3.63, 3.8) is 0 Å². The molecule has 1 aliphatic rings. The molecule has 16 heavy (non-hydrogen) atoms. The summed E-state index contributed by atoms with van der Waals surface area (Å²) in [6, 6.07) is 7.98. The van der Waals surface area contributed by atoms with E-state index in [1.54, 1.807) is 0 Å². The minimum Gasteiger partial charge on any atom is -0.285 e. The molecule has 1 aromatic carbocycles. The molecule has 2 rings (SSSR count). The van der Waals surface area contributed by atoms with Crippen molar-refractivity contribution in [3.8, 4) is 12.3 Å². The van der Waals surface area contributed by atoms with Crippen LogP contribution in [0, 0.1) is 12.3 Å². The first-order valence-electron chi connectivity index (χ1n) is 5.17. The molecule has 0 aromatic heterocycles. The van der Waals surface area contributed by atoms with Gasteiger partial charge in [0.1, 0.15) is 0 Å². The Bertz CT molecular complexity index is 474. The van der Waals surface area contributed by atoms with Crippen LogP contribution < -0.4 is 0 Å². The van der Waals surface area contributed by atoms with E-state index in [4.69, 9.17) is 6.42 Å². The van der Waals surface area contributed by atoms with Gasteiger partial charge in [0.25, 0.3) is 0 Å². The minimum absolute atomic E-state index is 0.150. The highest BCUT2D eigenvalue weighted by Crippen LogP contribution is 2.38. The van der Waals surface area contributed by atoms with Gasteiger partial charge in [0.2, 0.25) is 11.4 Å². The summed E-state index contributed by atoms with van der Waals surface area (Å²) >= 11 is 0. The molecule has 0 saturated heterocycles. The summed E-state index contributed by atoms with van der Waals surface area (Å²) in [5.74, 6) is 1.96. The van der Waals surface area contributed by atoms with Gasteiger partial charge in [0.05, 0.1) is 0 Å². The van der Waals surface area contributed by atoms with Crippen LogP contribution in [0.25, 0.3) is 0 Å². The number of aryl methyl sites for hydroxylation is 1. The van der Waals surface area contributed by atoms with E-state index in [2.05, 4.69) is 16.1 Å². The lowest BCUT2D eigenvalue weighted by Gasteiger charge is -2.05. The number of nitrogens with zero attached hydrogens (tertiary/aromatic N) is 2. The maximum atomic E-state index is 11.0. The van der Waals surface area contributed by atoms with E-state index >= 15 is 0 Å². The summed E-state index contributed by atoms with van der Waals surface area (Å²) < 4.78 is 0. The predicted molar refractivity (Wildman–Crippen MR) is 60.8 cm³/mol. The second-order valence-electron chi connectivity index (χ2n) is 3.99. The van der Waals surface area contributed by atoms with Crippen LogP contribution in [0.4, 0.5) is 0 Å². The van der Waals surface area contributed by atoms with Crippen molar-refractivity contribution in [2.75, 3.05) is 0 Å². The van der Waals surface area contributed by atoms with E-state index in [0.717, 1.165) is 11.1 Å². The number of benzene rings is 1. The fourth-order valence-corrected chi connectivity index (χ4v) is 1.51. The molecule has 0 saturated carbocycles. The second-order valence-corrected chi connectivity index (χ2v) is 3.99. The van der Waals surface area contributed by atoms with Crippen molar-refractivity contribution in [2.45, 2.75) is 25.4 Å². The van der Waals surface area contributed by atoms with Gasteiger partial charge in [0, 0.05) is 12.0 Å². The number of carbonyl (C=O) groups excluding carboxylic acids is 1. The van der Waals surface area contributed by atoms with E-state index in [9.17, 15) is 4.79 Å². The first-order chi connectivity index (χ1) is 7.64. The Morgan fingerprint density at radius 1 is 1.38 bits per heavy atom. The average Bonchev–Trinajstić information content (AvgIpc) is 3.06. The smallest absolute Gasteiger partial charge is 0.213 e. The lowest BCUT2D eigenvalue weighted by atomic mass is 10.0. The highest BCUT2D eigenvalue weighted by Gasteiger charge is 2.35. The van der Waals surface area contributed by atoms with Crippen LogP contribution in [0.15, 0.2) is 34.5 Å². The Labute approximate surface area is 94.6 Å². The molecule has 0 unspecified atom stereocenters. The topological polar surface area (TPSA) is 41.8 Å². The molecular formula is C13H12N2O. The number of terminal acetylenes is 1. The van der Waals surface area contributed by atoms with E-state index in [1.165, 1.54) is 0 Å². The number of rotatable bonds is 4. The minimum atomic E-state index is -0.326. The molecule has 0 atom stereocenters. The van der Waals surface area contributed by atoms with Crippen LogP contribution in [0.5, 0.6) is 0 Å². The molecule has 0 radical (unpaired) electrons. The largest absolute Gasteiger partial charge is 0.285 e. The zero-order valence-electron chi connectivity index (χ0n) is 9.10. The molecule has 0 bridgehead atoms. The number of carbonyl (C=O) groups is 1. The second kappa shape index (κ2) is 3.90. The molecular weight excluding hydrogens is 200 g/mol. The highest BCUT2D eigenvalue weighted by molar-refractivity contribution is 5.94.